The Balaban J connectivity index is 1.16. The minimum Gasteiger partial charge on any atom is -0.488 e. The van der Waals surface area contributed by atoms with Crippen LogP contribution in [0.4, 0.5) is 0 Å². The van der Waals surface area contributed by atoms with Crippen molar-refractivity contribution in [2.24, 2.45) is 5.92 Å². The number of benzene rings is 2. The van der Waals surface area contributed by atoms with Crippen LogP contribution in [0.3, 0.4) is 0 Å². The third-order valence-electron chi connectivity index (χ3n) is 6.85. The minimum absolute atomic E-state index is 0.442. The average Bonchev–Trinajstić information content (AvgIpc) is 3.54. The van der Waals surface area contributed by atoms with Crippen LogP contribution in [0.2, 0.25) is 0 Å². The lowest BCUT2D eigenvalue weighted by atomic mass is 9.91. The molecule has 1 fully saturated rings. The van der Waals surface area contributed by atoms with E-state index in [1.54, 1.807) is 18.4 Å². The average molecular weight is 456 g/mol. The summed E-state index contributed by atoms with van der Waals surface area (Å²) < 4.78 is 17.3. The van der Waals surface area contributed by atoms with E-state index in [1.807, 2.05) is 37.3 Å². The van der Waals surface area contributed by atoms with E-state index in [2.05, 4.69) is 22.2 Å². The van der Waals surface area contributed by atoms with E-state index in [1.165, 1.54) is 12.8 Å². The maximum Gasteiger partial charge on any atom is 0.173 e. The maximum atomic E-state index is 8.94. The summed E-state index contributed by atoms with van der Waals surface area (Å²) in [5.74, 6) is 2.56. The normalized spacial score (nSPS) is 14.9. The second kappa shape index (κ2) is 10.1. The Hall–Kier alpha value is -3.56. The van der Waals surface area contributed by atoms with Gasteiger partial charge in [0.2, 0.25) is 0 Å². The molecule has 3 heterocycles. The third kappa shape index (κ3) is 5.00. The number of hydrogen-bond donors (Lipinski definition) is 0. The summed E-state index contributed by atoms with van der Waals surface area (Å²) in [6, 6.07) is 17.7. The molecule has 0 unspecified atom stereocenters. The zero-order valence-electron chi connectivity index (χ0n) is 19.5. The van der Waals surface area contributed by atoms with E-state index in [9.17, 15) is 0 Å². The first kappa shape index (κ1) is 22.2. The zero-order chi connectivity index (χ0) is 23.3. The smallest absolute Gasteiger partial charge is 0.173 e. The van der Waals surface area contributed by atoms with Crippen molar-refractivity contribution in [3.05, 3.63) is 82.9 Å². The van der Waals surface area contributed by atoms with Crippen molar-refractivity contribution in [2.45, 2.75) is 45.8 Å². The molecule has 0 spiro atoms. The van der Waals surface area contributed by atoms with Gasteiger partial charge in [-0.05, 0) is 93.6 Å². The SMILES string of the molecule is Cc1c(OCc2ccc(C#N)cc2)ccc2c(CCC3CCN(Cc4ccco4)CC3)noc12. The van der Waals surface area contributed by atoms with Gasteiger partial charge >= 0.3 is 0 Å². The number of piperidine rings is 1. The van der Waals surface area contributed by atoms with Gasteiger partial charge in [0.05, 0.1) is 30.1 Å². The van der Waals surface area contributed by atoms with Gasteiger partial charge < -0.3 is 13.7 Å². The summed E-state index contributed by atoms with van der Waals surface area (Å²) >= 11 is 0. The van der Waals surface area contributed by atoms with Crippen molar-refractivity contribution in [1.29, 1.82) is 5.26 Å². The number of rotatable bonds is 8. The van der Waals surface area contributed by atoms with Crippen LogP contribution >= 0.6 is 0 Å². The zero-order valence-corrected chi connectivity index (χ0v) is 19.5. The molecular formula is C28H29N3O3. The number of furan rings is 1. The lowest BCUT2D eigenvalue weighted by Gasteiger charge is -2.31. The molecular weight excluding hydrogens is 426 g/mol. The molecule has 0 atom stereocenters. The number of aromatic nitrogens is 1. The first-order valence-electron chi connectivity index (χ1n) is 11.9. The Bertz CT molecular complexity index is 1260. The first-order valence-corrected chi connectivity index (χ1v) is 11.9. The van der Waals surface area contributed by atoms with Gasteiger partial charge in [-0.3, -0.25) is 4.90 Å². The molecule has 4 aromatic rings. The van der Waals surface area contributed by atoms with Crippen LogP contribution in [-0.2, 0) is 19.6 Å². The second-order valence-corrected chi connectivity index (χ2v) is 9.13. The van der Waals surface area contributed by atoms with Crippen LogP contribution in [0.5, 0.6) is 5.75 Å². The van der Waals surface area contributed by atoms with Crippen LogP contribution in [0.25, 0.3) is 11.0 Å². The molecule has 1 aliphatic heterocycles. The summed E-state index contributed by atoms with van der Waals surface area (Å²) in [5.41, 5.74) is 4.48. The first-order chi connectivity index (χ1) is 16.7. The molecule has 0 aliphatic carbocycles. The summed E-state index contributed by atoms with van der Waals surface area (Å²) in [7, 11) is 0. The molecule has 1 saturated heterocycles. The Kier molecular flexibility index (Phi) is 6.64. The molecule has 5 rings (SSSR count). The van der Waals surface area contributed by atoms with E-state index in [0.717, 1.165) is 77.7 Å². The lowest BCUT2D eigenvalue weighted by molar-refractivity contribution is 0.162. The monoisotopic (exact) mass is 455 g/mol. The Labute approximate surface area is 199 Å². The molecule has 0 N–H and O–H groups in total. The Morgan fingerprint density at radius 1 is 1.12 bits per heavy atom. The third-order valence-corrected chi connectivity index (χ3v) is 6.85. The summed E-state index contributed by atoms with van der Waals surface area (Å²) in [5, 5.41) is 14.4. The van der Waals surface area contributed by atoms with Crippen LogP contribution in [-0.4, -0.2) is 23.1 Å². The van der Waals surface area contributed by atoms with Crippen molar-refractivity contribution in [2.75, 3.05) is 13.1 Å². The van der Waals surface area contributed by atoms with E-state index < -0.39 is 0 Å². The van der Waals surface area contributed by atoms with Gasteiger partial charge in [-0.25, -0.2) is 0 Å². The number of aryl methyl sites for hydroxylation is 2. The van der Waals surface area contributed by atoms with E-state index in [4.69, 9.17) is 18.9 Å². The standard InChI is InChI=1S/C28H29N3O3/c1-20-27(33-19-23-6-4-22(17-29)5-7-23)11-9-25-26(30-34-28(20)25)10-8-21-12-14-31(15-13-21)18-24-3-2-16-32-24/h2-7,9,11,16,21H,8,10,12-15,18-19H2,1H3. The molecule has 0 saturated carbocycles. The highest BCUT2D eigenvalue weighted by atomic mass is 16.5. The van der Waals surface area contributed by atoms with Crippen LogP contribution in [0.1, 0.15) is 47.4 Å². The number of ether oxygens (including phenoxy) is 1. The van der Waals surface area contributed by atoms with Gasteiger partial charge in [0.1, 0.15) is 18.1 Å². The van der Waals surface area contributed by atoms with Gasteiger partial charge in [0.25, 0.3) is 0 Å². The number of hydrogen-bond acceptors (Lipinski definition) is 6. The molecule has 0 bridgehead atoms. The molecule has 6 heteroatoms. The summed E-state index contributed by atoms with van der Waals surface area (Å²) in [4.78, 5) is 2.48. The van der Waals surface area contributed by atoms with E-state index in [-0.39, 0.29) is 0 Å². The molecule has 1 aliphatic rings. The van der Waals surface area contributed by atoms with E-state index >= 15 is 0 Å². The number of fused-ring (bicyclic) bond motifs is 1. The highest BCUT2D eigenvalue weighted by molar-refractivity contribution is 5.84. The largest absolute Gasteiger partial charge is 0.488 e. The van der Waals surface area contributed by atoms with Gasteiger partial charge in [-0.2, -0.15) is 5.26 Å². The van der Waals surface area contributed by atoms with Gasteiger partial charge in [0.15, 0.2) is 5.58 Å². The summed E-state index contributed by atoms with van der Waals surface area (Å²) in [6.45, 7) is 5.59. The van der Waals surface area contributed by atoms with Gasteiger partial charge in [-0.1, -0.05) is 17.3 Å². The predicted molar refractivity (Wildman–Crippen MR) is 129 cm³/mol. The van der Waals surface area contributed by atoms with Crippen molar-refractivity contribution >= 4 is 11.0 Å². The molecule has 34 heavy (non-hydrogen) atoms. The molecule has 2 aromatic carbocycles. The molecule has 2 aromatic heterocycles. The second-order valence-electron chi connectivity index (χ2n) is 9.13. The van der Waals surface area contributed by atoms with E-state index in [0.29, 0.717) is 12.2 Å². The Morgan fingerprint density at radius 2 is 1.94 bits per heavy atom. The minimum atomic E-state index is 0.442. The van der Waals surface area contributed by atoms with Gasteiger partial charge in [-0.15, -0.1) is 0 Å². The molecule has 0 amide bonds. The van der Waals surface area contributed by atoms with Crippen LogP contribution in [0.15, 0.2) is 63.7 Å². The topological polar surface area (TPSA) is 75.4 Å². The van der Waals surface area contributed by atoms with Gasteiger partial charge in [0, 0.05) is 10.9 Å². The highest BCUT2D eigenvalue weighted by Gasteiger charge is 2.21. The number of nitrogens with zero attached hydrogens (tertiary/aromatic N) is 3. The van der Waals surface area contributed by atoms with Crippen molar-refractivity contribution in [3.8, 4) is 11.8 Å². The van der Waals surface area contributed by atoms with Crippen LogP contribution < -0.4 is 4.74 Å². The molecule has 0 radical (unpaired) electrons. The fourth-order valence-electron chi connectivity index (χ4n) is 4.74. The predicted octanol–water partition coefficient (Wildman–Crippen LogP) is 6.02. The quantitative estimate of drug-likeness (QED) is 0.323. The van der Waals surface area contributed by atoms with Crippen molar-refractivity contribution < 1.29 is 13.7 Å². The highest BCUT2D eigenvalue weighted by Crippen LogP contribution is 2.31. The maximum absolute atomic E-state index is 8.94. The fourth-order valence-corrected chi connectivity index (χ4v) is 4.74. The molecule has 6 nitrogen and oxygen atoms in total. The lowest BCUT2D eigenvalue weighted by Crippen LogP contribution is -2.33. The number of nitriles is 1. The fraction of sp³-hybridized carbons (Fsp3) is 0.357. The van der Waals surface area contributed by atoms with Crippen molar-refractivity contribution in [3.63, 3.8) is 0 Å². The number of likely N-dealkylation sites (tertiary alicyclic amines) is 1. The van der Waals surface area contributed by atoms with Crippen molar-refractivity contribution in [1.82, 2.24) is 10.1 Å². The Morgan fingerprint density at radius 3 is 2.68 bits per heavy atom. The summed E-state index contributed by atoms with van der Waals surface area (Å²) in [6.07, 6.45) is 6.23. The molecule has 174 valence electrons. The van der Waals surface area contributed by atoms with Crippen LogP contribution in [0, 0.1) is 24.2 Å².